The van der Waals surface area contributed by atoms with E-state index >= 15 is 0 Å². The molecule has 1 aliphatic heterocycles. The summed E-state index contributed by atoms with van der Waals surface area (Å²) in [5.41, 5.74) is 20.0. The number of aromatic nitrogens is 2. The van der Waals surface area contributed by atoms with Crippen LogP contribution in [0.15, 0.2) is 36.2 Å². The van der Waals surface area contributed by atoms with E-state index in [0.29, 0.717) is 24.6 Å². The Morgan fingerprint density at radius 2 is 1.97 bits per heavy atom. The van der Waals surface area contributed by atoms with Crippen LogP contribution in [0.2, 0.25) is 0 Å². The van der Waals surface area contributed by atoms with Crippen molar-refractivity contribution in [1.29, 1.82) is 0 Å². The van der Waals surface area contributed by atoms with Gasteiger partial charge in [0.1, 0.15) is 11.5 Å². The highest BCUT2D eigenvalue weighted by Gasteiger charge is 2.19. The van der Waals surface area contributed by atoms with E-state index in [4.69, 9.17) is 5.73 Å². The number of hydrogen-bond donors (Lipinski definition) is 4. The maximum Gasteiger partial charge on any atom is 0.270 e. The highest BCUT2D eigenvalue weighted by atomic mass is 16.2. The highest BCUT2D eigenvalue weighted by molar-refractivity contribution is 5.92. The molecule has 162 valence electrons. The second kappa shape index (κ2) is 7.96. The second-order valence-electron chi connectivity index (χ2n) is 8.14. The quantitative estimate of drug-likeness (QED) is 0.507. The average Bonchev–Trinajstić information content (AvgIpc) is 3.27. The molecule has 0 fully saturated rings. The maximum absolute atomic E-state index is 12.6. The summed E-state index contributed by atoms with van der Waals surface area (Å²) in [4.78, 5) is 16.9. The number of carbonyl (C=O) groups excluding carboxylic acids is 1. The summed E-state index contributed by atoms with van der Waals surface area (Å²) in [6.07, 6.45) is 1.78. The number of nitrogen functional groups attached to an aromatic ring is 1. The molecule has 8 nitrogen and oxygen atoms in total. The molecule has 8 heteroatoms. The zero-order valence-corrected chi connectivity index (χ0v) is 18.6. The van der Waals surface area contributed by atoms with Crippen LogP contribution in [0.25, 0.3) is 10.9 Å². The molecule has 0 saturated carbocycles. The molecule has 4 rings (SSSR count). The molecule has 3 heterocycles. The number of hydrogen-bond acceptors (Lipinski definition) is 6. The minimum atomic E-state index is -0.185. The second-order valence-corrected chi connectivity index (χ2v) is 8.14. The smallest absolute Gasteiger partial charge is 0.270 e. The summed E-state index contributed by atoms with van der Waals surface area (Å²) in [6.45, 7) is 9.18. The van der Waals surface area contributed by atoms with Crippen molar-refractivity contribution in [1.82, 2.24) is 30.8 Å². The zero-order chi connectivity index (χ0) is 22.3. The van der Waals surface area contributed by atoms with Crippen molar-refractivity contribution in [3.8, 4) is 0 Å². The molecular formula is C23H29N7O. The Kier molecular flexibility index (Phi) is 5.32. The molecule has 2 aromatic heterocycles. The van der Waals surface area contributed by atoms with Gasteiger partial charge < -0.3 is 15.6 Å². The lowest BCUT2D eigenvalue weighted by molar-refractivity contribution is -0.118. The first kappa shape index (κ1) is 20.7. The van der Waals surface area contributed by atoms with E-state index in [1.54, 1.807) is 6.20 Å². The van der Waals surface area contributed by atoms with E-state index in [1.165, 1.54) is 22.2 Å². The van der Waals surface area contributed by atoms with E-state index in [2.05, 4.69) is 64.9 Å². The molecule has 1 aliphatic rings. The number of fused-ring (bicyclic) bond motifs is 1. The first-order valence-electron chi connectivity index (χ1n) is 10.3. The van der Waals surface area contributed by atoms with Crippen molar-refractivity contribution in [3.63, 3.8) is 0 Å². The summed E-state index contributed by atoms with van der Waals surface area (Å²) in [5, 5.41) is 6.07. The number of pyridine rings is 1. The molecule has 5 N–H and O–H groups in total. The van der Waals surface area contributed by atoms with E-state index in [-0.39, 0.29) is 5.91 Å². The predicted octanol–water partition coefficient (Wildman–Crippen LogP) is 2.37. The Bertz CT molecular complexity index is 1190. The van der Waals surface area contributed by atoms with Crippen molar-refractivity contribution in [2.75, 3.05) is 5.73 Å². The Morgan fingerprint density at radius 1 is 1.19 bits per heavy atom. The molecule has 0 spiro atoms. The van der Waals surface area contributed by atoms with Crippen molar-refractivity contribution < 1.29 is 4.79 Å². The van der Waals surface area contributed by atoms with E-state index in [1.807, 2.05) is 24.9 Å². The Morgan fingerprint density at radius 3 is 2.71 bits per heavy atom. The van der Waals surface area contributed by atoms with Crippen LogP contribution in [0.5, 0.6) is 0 Å². The monoisotopic (exact) mass is 419 g/mol. The SMILES string of the molecule is Cc1cc(N)nc(C)c1CNC(=O)C1=CN(Cc2ccc3c(c2)c(C)c(C)n3C)NN1. The van der Waals surface area contributed by atoms with Crippen LogP contribution in [0.4, 0.5) is 5.82 Å². The number of rotatable bonds is 5. The molecule has 0 atom stereocenters. The van der Waals surface area contributed by atoms with E-state index in [9.17, 15) is 4.79 Å². The lowest BCUT2D eigenvalue weighted by atomic mass is 10.1. The van der Waals surface area contributed by atoms with Crippen LogP contribution in [0.1, 0.15) is 33.6 Å². The van der Waals surface area contributed by atoms with Crippen LogP contribution in [0.3, 0.4) is 0 Å². The molecule has 31 heavy (non-hydrogen) atoms. The predicted molar refractivity (Wildman–Crippen MR) is 122 cm³/mol. The van der Waals surface area contributed by atoms with Crippen LogP contribution in [0, 0.1) is 27.7 Å². The molecular weight excluding hydrogens is 390 g/mol. The Hall–Kier alpha value is -3.52. The third-order valence-electron chi connectivity index (χ3n) is 6.09. The Labute approximate surface area is 182 Å². The Balaban J connectivity index is 1.42. The number of nitrogens with one attached hydrogen (secondary N) is 3. The van der Waals surface area contributed by atoms with Gasteiger partial charge in [-0.05, 0) is 68.1 Å². The summed E-state index contributed by atoms with van der Waals surface area (Å²) in [7, 11) is 2.09. The van der Waals surface area contributed by atoms with Gasteiger partial charge in [0.15, 0.2) is 0 Å². The van der Waals surface area contributed by atoms with Crippen LogP contribution >= 0.6 is 0 Å². The van der Waals surface area contributed by atoms with Gasteiger partial charge in [-0.25, -0.2) is 4.98 Å². The zero-order valence-electron chi connectivity index (χ0n) is 18.6. The van der Waals surface area contributed by atoms with Gasteiger partial charge in [-0.15, -0.1) is 5.53 Å². The van der Waals surface area contributed by atoms with Gasteiger partial charge in [-0.3, -0.25) is 15.2 Å². The molecule has 0 saturated heterocycles. The van der Waals surface area contributed by atoms with Gasteiger partial charge in [0.25, 0.3) is 5.91 Å². The third-order valence-corrected chi connectivity index (χ3v) is 6.09. The molecule has 3 aromatic rings. The number of amides is 1. The average molecular weight is 420 g/mol. The molecule has 0 radical (unpaired) electrons. The minimum Gasteiger partial charge on any atom is -0.384 e. The van der Waals surface area contributed by atoms with Crippen LogP contribution < -0.4 is 22.0 Å². The van der Waals surface area contributed by atoms with Crippen molar-refractivity contribution in [2.45, 2.75) is 40.8 Å². The van der Waals surface area contributed by atoms with Crippen LogP contribution in [-0.2, 0) is 24.9 Å². The largest absolute Gasteiger partial charge is 0.384 e. The van der Waals surface area contributed by atoms with Gasteiger partial charge in [0.05, 0.1) is 6.54 Å². The number of benzene rings is 1. The van der Waals surface area contributed by atoms with Gasteiger partial charge in [-0.2, -0.15) is 0 Å². The van der Waals surface area contributed by atoms with Crippen LogP contribution in [-0.4, -0.2) is 20.5 Å². The van der Waals surface area contributed by atoms with Gasteiger partial charge >= 0.3 is 0 Å². The molecule has 1 aromatic carbocycles. The summed E-state index contributed by atoms with van der Waals surface area (Å²) < 4.78 is 2.21. The molecule has 0 unspecified atom stereocenters. The summed E-state index contributed by atoms with van der Waals surface area (Å²) >= 11 is 0. The lowest BCUT2D eigenvalue weighted by Gasteiger charge is -2.15. The van der Waals surface area contributed by atoms with Gasteiger partial charge in [0.2, 0.25) is 0 Å². The lowest BCUT2D eigenvalue weighted by Crippen LogP contribution is -2.38. The fourth-order valence-electron chi connectivity index (χ4n) is 4.07. The van der Waals surface area contributed by atoms with Crippen molar-refractivity contribution >= 4 is 22.6 Å². The number of anilines is 1. The highest BCUT2D eigenvalue weighted by Crippen LogP contribution is 2.25. The normalized spacial score (nSPS) is 13.5. The number of hydrazine groups is 2. The third kappa shape index (κ3) is 3.94. The molecule has 0 bridgehead atoms. The maximum atomic E-state index is 12.6. The van der Waals surface area contributed by atoms with E-state index < -0.39 is 0 Å². The molecule has 1 amide bonds. The number of carbonyl (C=O) groups is 1. The first-order valence-corrected chi connectivity index (χ1v) is 10.3. The number of aryl methyl sites for hydroxylation is 4. The fraction of sp³-hybridized carbons (Fsp3) is 0.304. The standard InChI is InChI=1S/C23H29N7O/c1-13-8-22(24)26-15(3)19(13)10-25-23(31)20-12-30(28-27-20)11-17-6-7-21-18(9-17)14(2)16(4)29(21)5/h6-9,12,27-28H,10-11H2,1-5H3,(H2,24,26)(H,25,31). The fourth-order valence-corrected chi connectivity index (χ4v) is 4.07. The minimum absolute atomic E-state index is 0.185. The number of nitrogens with two attached hydrogens (primary N) is 1. The van der Waals surface area contributed by atoms with Gasteiger partial charge in [-0.1, -0.05) is 6.07 Å². The van der Waals surface area contributed by atoms with Gasteiger partial charge in [0, 0.05) is 42.1 Å². The summed E-state index contributed by atoms with van der Waals surface area (Å²) in [6, 6.07) is 8.30. The van der Waals surface area contributed by atoms with E-state index in [0.717, 1.165) is 22.4 Å². The number of nitrogens with zero attached hydrogens (tertiary/aromatic N) is 3. The first-order chi connectivity index (χ1) is 14.7. The van der Waals surface area contributed by atoms with Crippen molar-refractivity contribution in [2.24, 2.45) is 7.05 Å². The van der Waals surface area contributed by atoms with Crippen molar-refractivity contribution in [3.05, 3.63) is 69.8 Å². The molecule has 0 aliphatic carbocycles. The summed E-state index contributed by atoms with van der Waals surface area (Å²) in [5.74, 6) is 0.305. The topological polar surface area (TPSA) is 100 Å².